The van der Waals surface area contributed by atoms with Gasteiger partial charge in [0.05, 0.1) is 24.3 Å². The molecule has 1 aliphatic rings. The van der Waals surface area contributed by atoms with Crippen molar-refractivity contribution in [3.05, 3.63) is 23.8 Å². The summed E-state index contributed by atoms with van der Waals surface area (Å²) in [5.74, 6) is 0.475. The molecule has 0 atom stereocenters. The van der Waals surface area contributed by atoms with E-state index in [9.17, 15) is 9.90 Å². The number of hydrogen-bond acceptors (Lipinski definition) is 5. The maximum Gasteiger partial charge on any atom is 0.257 e. The summed E-state index contributed by atoms with van der Waals surface area (Å²) >= 11 is 0. The first-order valence-electron chi connectivity index (χ1n) is 6.59. The summed E-state index contributed by atoms with van der Waals surface area (Å²) in [7, 11) is 0. The molecule has 0 aliphatic carbocycles. The zero-order valence-electron chi connectivity index (χ0n) is 11.7. The summed E-state index contributed by atoms with van der Waals surface area (Å²) < 4.78 is 1.54. The van der Waals surface area contributed by atoms with Crippen LogP contribution in [0, 0.1) is 12.8 Å². The van der Waals surface area contributed by atoms with E-state index in [1.54, 1.807) is 9.42 Å². The molecule has 2 aromatic heterocycles. The molecule has 0 spiro atoms. The normalized spacial score (nSPS) is 17.6. The quantitative estimate of drug-likeness (QED) is 0.851. The fourth-order valence-electron chi connectivity index (χ4n) is 2.39. The lowest BCUT2D eigenvalue weighted by atomic mass is 9.82. The van der Waals surface area contributed by atoms with Crippen LogP contribution in [0.1, 0.15) is 29.9 Å². The molecular weight excluding hydrogens is 258 g/mol. The molecule has 0 saturated carbocycles. The largest absolute Gasteiger partial charge is 0.386 e. The van der Waals surface area contributed by atoms with Crippen molar-refractivity contribution in [1.29, 1.82) is 0 Å². The van der Waals surface area contributed by atoms with Crippen molar-refractivity contribution in [2.24, 2.45) is 5.92 Å². The van der Waals surface area contributed by atoms with Crippen LogP contribution < -0.4 is 0 Å². The van der Waals surface area contributed by atoms with Crippen LogP contribution in [0.25, 0.3) is 5.78 Å². The Bertz CT molecular complexity index is 672. The summed E-state index contributed by atoms with van der Waals surface area (Å²) in [6.45, 7) is 6.44. The molecular formula is C13H17N5O2. The van der Waals surface area contributed by atoms with Gasteiger partial charge in [-0.2, -0.15) is 10.1 Å². The van der Waals surface area contributed by atoms with Crippen molar-refractivity contribution in [3.8, 4) is 0 Å². The highest BCUT2D eigenvalue weighted by Gasteiger charge is 2.46. The van der Waals surface area contributed by atoms with Gasteiger partial charge in [0, 0.05) is 6.20 Å². The number of aryl methyl sites for hydroxylation is 1. The van der Waals surface area contributed by atoms with Gasteiger partial charge in [-0.1, -0.05) is 13.8 Å². The predicted molar refractivity (Wildman–Crippen MR) is 71.2 cm³/mol. The lowest BCUT2D eigenvalue weighted by Crippen LogP contribution is -2.66. The number of nitrogens with zero attached hydrogens (tertiary/aromatic N) is 5. The van der Waals surface area contributed by atoms with E-state index in [2.05, 4.69) is 15.1 Å². The van der Waals surface area contributed by atoms with Crippen molar-refractivity contribution in [2.75, 3.05) is 13.1 Å². The number of amides is 1. The maximum atomic E-state index is 12.4. The van der Waals surface area contributed by atoms with Gasteiger partial charge in [0.1, 0.15) is 11.9 Å². The molecule has 0 bridgehead atoms. The monoisotopic (exact) mass is 275 g/mol. The Morgan fingerprint density at radius 1 is 1.40 bits per heavy atom. The Labute approximate surface area is 116 Å². The molecule has 1 amide bonds. The first-order chi connectivity index (χ1) is 9.42. The Morgan fingerprint density at radius 2 is 2.10 bits per heavy atom. The number of β-amino-alcohol motifs (C(OH)–C–C–N with tert-alkyl or cyclic N) is 1. The van der Waals surface area contributed by atoms with Gasteiger partial charge >= 0.3 is 0 Å². The third-order valence-electron chi connectivity index (χ3n) is 4.07. The van der Waals surface area contributed by atoms with E-state index < -0.39 is 5.60 Å². The Morgan fingerprint density at radius 3 is 2.75 bits per heavy atom. The molecule has 1 aliphatic heterocycles. The minimum atomic E-state index is -0.769. The molecule has 7 heteroatoms. The lowest BCUT2D eigenvalue weighted by Gasteiger charge is -2.49. The second kappa shape index (κ2) is 4.24. The number of likely N-dealkylation sites (tertiary alicyclic amines) is 1. The fourth-order valence-corrected chi connectivity index (χ4v) is 2.39. The number of rotatable bonds is 2. The van der Waals surface area contributed by atoms with Gasteiger partial charge in [-0.15, -0.1) is 0 Å². The molecule has 0 aromatic carbocycles. The highest BCUT2D eigenvalue weighted by atomic mass is 16.3. The number of carbonyl (C=O) groups excluding carboxylic acids is 1. The van der Waals surface area contributed by atoms with Gasteiger partial charge < -0.3 is 10.0 Å². The fraction of sp³-hybridized carbons (Fsp3) is 0.538. The van der Waals surface area contributed by atoms with E-state index in [-0.39, 0.29) is 11.8 Å². The van der Waals surface area contributed by atoms with Crippen LogP contribution in [0.2, 0.25) is 0 Å². The SMILES string of the molecule is Cc1c(C(=O)N2CC(O)(C(C)C)C2)cnc2ncnn12. The molecule has 0 radical (unpaired) electrons. The van der Waals surface area contributed by atoms with E-state index in [1.165, 1.54) is 12.5 Å². The summed E-state index contributed by atoms with van der Waals surface area (Å²) in [6, 6.07) is 0. The zero-order valence-corrected chi connectivity index (χ0v) is 11.7. The van der Waals surface area contributed by atoms with Crippen LogP contribution in [-0.4, -0.2) is 54.2 Å². The van der Waals surface area contributed by atoms with Crippen molar-refractivity contribution in [3.63, 3.8) is 0 Å². The first-order valence-corrected chi connectivity index (χ1v) is 6.59. The summed E-state index contributed by atoms with van der Waals surface area (Å²) in [5.41, 5.74) is 0.431. The smallest absolute Gasteiger partial charge is 0.257 e. The summed E-state index contributed by atoms with van der Waals surface area (Å²) in [6.07, 6.45) is 2.93. The number of hydrogen-bond donors (Lipinski definition) is 1. The first kappa shape index (κ1) is 13.0. The summed E-state index contributed by atoms with van der Waals surface area (Å²) in [4.78, 5) is 22.2. The van der Waals surface area contributed by atoms with Crippen LogP contribution >= 0.6 is 0 Å². The summed E-state index contributed by atoms with van der Waals surface area (Å²) in [5, 5.41) is 14.3. The topological polar surface area (TPSA) is 83.6 Å². The van der Waals surface area contributed by atoms with E-state index in [1.807, 2.05) is 20.8 Å². The maximum absolute atomic E-state index is 12.4. The third kappa shape index (κ3) is 1.77. The zero-order chi connectivity index (χ0) is 14.5. The molecule has 1 N–H and O–H groups in total. The number of aliphatic hydroxyl groups is 1. The van der Waals surface area contributed by atoms with Crippen molar-refractivity contribution in [2.45, 2.75) is 26.4 Å². The number of fused-ring (bicyclic) bond motifs is 1. The van der Waals surface area contributed by atoms with Crippen LogP contribution in [-0.2, 0) is 0 Å². The molecule has 106 valence electrons. The van der Waals surface area contributed by atoms with Crippen LogP contribution in [0.15, 0.2) is 12.5 Å². The van der Waals surface area contributed by atoms with Crippen molar-refractivity contribution < 1.29 is 9.90 Å². The highest BCUT2D eigenvalue weighted by Crippen LogP contribution is 2.30. The minimum absolute atomic E-state index is 0.127. The highest BCUT2D eigenvalue weighted by molar-refractivity contribution is 5.95. The third-order valence-corrected chi connectivity index (χ3v) is 4.07. The van der Waals surface area contributed by atoms with Gasteiger partial charge in [-0.3, -0.25) is 4.79 Å². The average Bonchev–Trinajstić information content (AvgIpc) is 2.83. The predicted octanol–water partition coefficient (Wildman–Crippen LogP) is 0.276. The van der Waals surface area contributed by atoms with Gasteiger partial charge in [-0.25, -0.2) is 9.50 Å². The van der Waals surface area contributed by atoms with Crippen molar-refractivity contribution >= 4 is 11.7 Å². The van der Waals surface area contributed by atoms with Gasteiger partial charge in [0.25, 0.3) is 11.7 Å². The van der Waals surface area contributed by atoms with Crippen molar-refractivity contribution in [1.82, 2.24) is 24.5 Å². The van der Waals surface area contributed by atoms with Crippen LogP contribution in [0.3, 0.4) is 0 Å². The van der Waals surface area contributed by atoms with Crippen LogP contribution in [0.5, 0.6) is 0 Å². The second-order valence-corrected chi connectivity index (χ2v) is 5.65. The minimum Gasteiger partial charge on any atom is -0.386 e. The van der Waals surface area contributed by atoms with Gasteiger partial charge in [0.15, 0.2) is 0 Å². The van der Waals surface area contributed by atoms with E-state index >= 15 is 0 Å². The van der Waals surface area contributed by atoms with Crippen LogP contribution in [0.4, 0.5) is 0 Å². The number of aromatic nitrogens is 4. The van der Waals surface area contributed by atoms with E-state index in [0.717, 1.165) is 0 Å². The molecule has 1 fully saturated rings. The number of carbonyl (C=O) groups is 1. The van der Waals surface area contributed by atoms with E-state index in [0.29, 0.717) is 30.1 Å². The standard InChI is InChI=1S/C13H17N5O2/c1-8(2)13(20)5-17(6-13)11(19)10-4-14-12-15-7-16-18(12)9(10)3/h4,7-8,20H,5-6H2,1-3H3. The molecule has 0 unspecified atom stereocenters. The van der Waals surface area contributed by atoms with E-state index in [4.69, 9.17) is 0 Å². The molecule has 20 heavy (non-hydrogen) atoms. The molecule has 3 rings (SSSR count). The molecule has 3 heterocycles. The molecule has 7 nitrogen and oxygen atoms in total. The molecule has 2 aromatic rings. The molecule has 1 saturated heterocycles. The Hall–Kier alpha value is -2.02. The van der Waals surface area contributed by atoms with Gasteiger partial charge in [-0.05, 0) is 12.8 Å². The van der Waals surface area contributed by atoms with Gasteiger partial charge in [0.2, 0.25) is 0 Å². The Kier molecular flexibility index (Phi) is 2.75. The average molecular weight is 275 g/mol. The Balaban J connectivity index is 1.86. The lowest BCUT2D eigenvalue weighted by molar-refractivity contribution is -0.110. The second-order valence-electron chi connectivity index (χ2n) is 5.65.